The van der Waals surface area contributed by atoms with E-state index in [0.717, 1.165) is 54.4 Å². The summed E-state index contributed by atoms with van der Waals surface area (Å²) in [5.41, 5.74) is 1.57. The third kappa shape index (κ3) is 4.05. The molecular weight excluding hydrogens is 580 g/mol. The van der Waals surface area contributed by atoms with Crippen molar-refractivity contribution >= 4 is 23.4 Å². The lowest BCUT2D eigenvalue weighted by atomic mass is 9.50. The van der Waals surface area contributed by atoms with E-state index in [1.54, 1.807) is 0 Å². The highest BCUT2D eigenvalue weighted by Gasteiger charge is 2.81. The zero-order chi connectivity index (χ0) is 32.0. The van der Waals surface area contributed by atoms with Gasteiger partial charge in [0.15, 0.2) is 5.54 Å². The number of likely N-dealkylation sites (tertiary alicyclic amines) is 1. The van der Waals surface area contributed by atoms with Crippen molar-refractivity contribution in [2.75, 3.05) is 4.90 Å². The van der Waals surface area contributed by atoms with Gasteiger partial charge in [-0.2, -0.15) is 0 Å². The molecule has 5 nitrogen and oxygen atoms in total. The highest BCUT2D eigenvalue weighted by atomic mass is 16.2. The van der Waals surface area contributed by atoms with Crippen molar-refractivity contribution in [2.45, 2.75) is 55.0 Å². The second-order valence-electron chi connectivity index (χ2n) is 12.9. The number of rotatable bonds is 6. The zero-order valence-electron chi connectivity index (χ0n) is 26.2. The normalized spacial score (nSPS) is 20.4. The maximum atomic E-state index is 15.8. The average Bonchev–Trinajstić information content (AvgIpc) is 3.40. The van der Waals surface area contributed by atoms with Gasteiger partial charge in [-0.05, 0) is 41.2 Å². The van der Waals surface area contributed by atoms with E-state index < -0.39 is 16.9 Å². The smallest absolute Gasteiger partial charge is 0.266 e. The maximum absolute atomic E-state index is 15.8. The van der Waals surface area contributed by atoms with Gasteiger partial charge in [-0.15, -0.1) is 0 Å². The maximum Gasteiger partial charge on any atom is 0.266 e. The van der Waals surface area contributed by atoms with E-state index in [1.165, 1.54) is 4.90 Å². The molecular formula is C42H36N2O3. The van der Waals surface area contributed by atoms with Crippen LogP contribution in [0.25, 0.3) is 0 Å². The summed E-state index contributed by atoms with van der Waals surface area (Å²) in [6.07, 6.45) is 4.76. The molecule has 3 aliphatic rings. The van der Waals surface area contributed by atoms with Crippen LogP contribution in [0.5, 0.6) is 0 Å². The van der Waals surface area contributed by atoms with Crippen LogP contribution < -0.4 is 4.90 Å². The lowest BCUT2D eigenvalue weighted by Gasteiger charge is -2.65. The van der Waals surface area contributed by atoms with Crippen molar-refractivity contribution in [3.63, 3.8) is 0 Å². The van der Waals surface area contributed by atoms with Crippen LogP contribution in [-0.2, 0) is 25.3 Å². The van der Waals surface area contributed by atoms with Crippen molar-refractivity contribution in [3.8, 4) is 0 Å². The highest BCUT2D eigenvalue weighted by Crippen LogP contribution is 2.66. The lowest BCUT2D eigenvalue weighted by Crippen LogP contribution is -2.83. The van der Waals surface area contributed by atoms with Crippen molar-refractivity contribution in [2.24, 2.45) is 0 Å². The Labute approximate surface area is 275 Å². The van der Waals surface area contributed by atoms with Gasteiger partial charge in [-0.1, -0.05) is 159 Å². The van der Waals surface area contributed by atoms with Crippen LogP contribution in [0.3, 0.4) is 0 Å². The van der Waals surface area contributed by atoms with Gasteiger partial charge in [-0.25, -0.2) is 4.90 Å². The van der Waals surface area contributed by atoms with Crippen LogP contribution in [0, 0.1) is 0 Å². The Morgan fingerprint density at radius 2 is 1.04 bits per heavy atom. The Morgan fingerprint density at radius 3 is 1.57 bits per heavy atom. The number of imide groups is 1. The molecule has 232 valence electrons. The number of anilines is 1. The molecule has 1 saturated carbocycles. The Hall–Kier alpha value is -5.29. The number of fused-ring (bicyclic) bond motifs is 2. The number of carbonyl (C=O) groups is 3. The second kappa shape index (κ2) is 11.5. The molecule has 1 aliphatic carbocycles. The third-order valence-corrected chi connectivity index (χ3v) is 10.6. The number of carbonyl (C=O) groups excluding carboxylic acids is 3. The first-order valence-electron chi connectivity index (χ1n) is 16.6. The second-order valence-corrected chi connectivity index (χ2v) is 12.9. The SMILES string of the molecule is O=C(C(c1ccccc1)c1ccccc1)N1C(=O)C2(c3ccccc31)N(C1CCCCC1)C(=O)C2(c1ccccc1)c1ccccc1. The molecule has 2 aliphatic heterocycles. The number of amides is 3. The molecule has 47 heavy (non-hydrogen) atoms. The van der Waals surface area contributed by atoms with Crippen LogP contribution in [0.4, 0.5) is 5.69 Å². The first-order chi connectivity index (χ1) is 23.1. The molecule has 0 N–H and O–H groups in total. The van der Waals surface area contributed by atoms with E-state index in [2.05, 4.69) is 0 Å². The quantitative estimate of drug-likeness (QED) is 0.183. The van der Waals surface area contributed by atoms with E-state index in [9.17, 15) is 0 Å². The molecule has 2 fully saturated rings. The van der Waals surface area contributed by atoms with Gasteiger partial charge >= 0.3 is 0 Å². The van der Waals surface area contributed by atoms with E-state index in [4.69, 9.17) is 0 Å². The lowest BCUT2D eigenvalue weighted by molar-refractivity contribution is -0.187. The number of hydrogen-bond acceptors (Lipinski definition) is 3. The van der Waals surface area contributed by atoms with Gasteiger partial charge in [0.1, 0.15) is 5.41 Å². The van der Waals surface area contributed by atoms with Gasteiger partial charge in [0.05, 0.1) is 11.6 Å². The minimum Gasteiger partial charge on any atom is -0.318 e. The first kappa shape index (κ1) is 29.1. The molecule has 0 radical (unpaired) electrons. The Balaban J connectivity index is 1.40. The summed E-state index contributed by atoms with van der Waals surface area (Å²) in [5.74, 6) is -1.48. The Kier molecular flexibility index (Phi) is 7.13. The standard InChI is InChI=1S/C42H36N2O3/c45-38(37(30-18-6-1-7-19-30)31-20-8-2-9-21-31)43-36-29-17-16-28-35(36)42(40(43)47)41(32-22-10-3-11-23-32,33-24-12-4-13-25-33)39(46)44(42)34-26-14-5-15-27-34/h1-4,6-13,16-25,28-29,34,37H,5,14-15,26-27H2. The van der Waals surface area contributed by atoms with Crippen LogP contribution >= 0.6 is 0 Å². The highest BCUT2D eigenvalue weighted by molar-refractivity contribution is 6.30. The van der Waals surface area contributed by atoms with Gasteiger partial charge < -0.3 is 4.90 Å². The molecule has 0 bridgehead atoms. The van der Waals surface area contributed by atoms with E-state index in [-0.39, 0.29) is 23.8 Å². The molecule has 8 rings (SSSR count). The van der Waals surface area contributed by atoms with E-state index >= 15 is 14.4 Å². The summed E-state index contributed by atoms with van der Waals surface area (Å²) in [6, 6.07) is 46.3. The third-order valence-electron chi connectivity index (χ3n) is 10.6. The minimum absolute atomic E-state index is 0.0816. The fourth-order valence-corrected chi connectivity index (χ4v) is 8.67. The largest absolute Gasteiger partial charge is 0.318 e. The van der Waals surface area contributed by atoms with Gasteiger partial charge in [0, 0.05) is 11.6 Å². The topological polar surface area (TPSA) is 57.7 Å². The minimum atomic E-state index is -1.45. The molecule has 1 atom stereocenters. The van der Waals surface area contributed by atoms with Crippen molar-refractivity contribution in [1.82, 2.24) is 4.90 Å². The van der Waals surface area contributed by atoms with Crippen LogP contribution in [0.2, 0.25) is 0 Å². The number of benzene rings is 5. The van der Waals surface area contributed by atoms with Crippen LogP contribution in [0.1, 0.15) is 65.8 Å². The molecule has 5 aromatic rings. The monoisotopic (exact) mass is 616 g/mol. The zero-order valence-corrected chi connectivity index (χ0v) is 26.2. The summed E-state index contributed by atoms with van der Waals surface area (Å²) >= 11 is 0. The predicted octanol–water partition coefficient (Wildman–Crippen LogP) is 7.75. The molecule has 1 spiro atoms. The van der Waals surface area contributed by atoms with E-state index in [1.807, 2.05) is 150 Å². The fraction of sp³-hybridized carbons (Fsp3) is 0.214. The van der Waals surface area contributed by atoms with E-state index in [0.29, 0.717) is 11.3 Å². The van der Waals surface area contributed by atoms with Crippen LogP contribution in [0.15, 0.2) is 146 Å². The summed E-state index contributed by atoms with van der Waals surface area (Å²) in [7, 11) is 0. The van der Waals surface area contributed by atoms with Gasteiger partial charge in [0.2, 0.25) is 11.8 Å². The molecule has 1 saturated heterocycles. The van der Waals surface area contributed by atoms with Crippen molar-refractivity contribution in [3.05, 3.63) is 173 Å². The Bertz CT molecular complexity index is 1860. The van der Waals surface area contributed by atoms with Crippen molar-refractivity contribution in [1.29, 1.82) is 0 Å². The number of para-hydroxylation sites is 1. The van der Waals surface area contributed by atoms with Gasteiger partial charge in [0.25, 0.3) is 5.91 Å². The fourth-order valence-electron chi connectivity index (χ4n) is 8.67. The molecule has 1 unspecified atom stereocenters. The molecule has 5 heteroatoms. The molecule has 3 amide bonds. The molecule has 0 aromatic heterocycles. The molecule has 2 heterocycles. The summed E-state index contributed by atoms with van der Waals surface area (Å²) < 4.78 is 0. The van der Waals surface area contributed by atoms with Crippen LogP contribution in [-0.4, -0.2) is 28.7 Å². The number of hydrogen-bond donors (Lipinski definition) is 0. The van der Waals surface area contributed by atoms with Gasteiger partial charge in [-0.3, -0.25) is 14.4 Å². The Morgan fingerprint density at radius 1 is 0.574 bits per heavy atom. The number of β-lactam (4-membered cyclic amide) rings is 1. The average molecular weight is 617 g/mol. The van der Waals surface area contributed by atoms with Crippen molar-refractivity contribution < 1.29 is 14.4 Å². The summed E-state index contributed by atoms with van der Waals surface area (Å²) in [5, 5.41) is 0. The number of nitrogens with zero attached hydrogens (tertiary/aromatic N) is 2. The summed E-state index contributed by atoms with van der Waals surface area (Å²) in [6.45, 7) is 0. The molecule has 5 aromatic carbocycles. The summed E-state index contributed by atoms with van der Waals surface area (Å²) in [4.78, 5) is 49.6. The first-order valence-corrected chi connectivity index (χ1v) is 16.6. The predicted molar refractivity (Wildman–Crippen MR) is 183 cm³/mol.